The monoisotopic (exact) mass is 259 g/mol. The van der Waals surface area contributed by atoms with Crippen LogP contribution in [0.15, 0.2) is 39.7 Å². The summed E-state index contributed by atoms with van der Waals surface area (Å²) in [5.41, 5.74) is 1.47. The van der Waals surface area contributed by atoms with Crippen molar-refractivity contribution in [2.45, 2.75) is 6.92 Å². The number of hydrogen-bond acceptors (Lipinski definition) is 3. The average Bonchev–Trinajstić information content (AvgIpc) is 2.17. The van der Waals surface area contributed by atoms with Crippen LogP contribution in [0.5, 0.6) is 0 Å². The number of ether oxygens (including phenoxy) is 2. The van der Waals surface area contributed by atoms with E-state index in [0.29, 0.717) is 15.9 Å². The number of rotatable bonds is 6. The van der Waals surface area contributed by atoms with Crippen molar-refractivity contribution < 1.29 is 9.47 Å². The van der Waals surface area contributed by atoms with E-state index in [1.165, 1.54) is 7.11 Å². The summed E-state index contributed by atoms with van der Waals surface area (Å²) in [6, 6.07) is 0. The van der Waals surface area contributed by atoms with Gasteiger partial charge in [-0.25, -0.2) is 0 Å². The Bertz CT molecular complexity index is 282. The van der Waals surface area contributed by atoms with Gasteiger partial charge in [0.25, 0.3) is 0 Å². The minimum absolute atomic E-state index is 0.131. The zero-order valence-corrected chi connectivity index (χ0v) is 10.1. The Balaban J connectivity index is 4.82. The molecule has 0 aliphatic carbocycles. The lowest BCUT2D eigenvalue weighted by Gasteiger charge is -2.12. The zero-order valence-electron chi connectivity index (χ0n) is 8.47. The maximum absolute atomic E-state index is 5.28. The number of nitrogens with zero attached hydrogens (tertiary/aromatic N) is 1. The molecule has 0 heterocycles. The number of aliphatic imine (C=N–C) groups is 1. The van der Waals surface area contributed by atoms with Crippen LogP contribution in [-0.2, 0) is 9.47 Å². The first-order valence-electron chi connectivity index (χ1n) is 3.88. The Labute approximate surface area is 92.9 Å². The molecule has 78 valence electrons. The molecule has 0 aromatic carbocycles. The van der Waals surface area contributed by atoms with Crippen molar-refractivity contribution in [3.05, 3.63) is 34.7 Å². The lowest BCUT2D eigenvalue weighted by Crippen LogP contribution is -2.01. The Morgan fingerprint density at radius 1 is 1.43 bits per heavy atom. The van der Waals surface area contributed by atoms with Crippen LogP contribution in [0.3, 0.4) is 0 Å². The topological polar surface area (TPSA) is 30.8 Å². The molecule has 3 nitrogen and oxygen atoms in total. The van der Waals surface area contributed by atoms with Crippen molar-refractivity contribution in [1.82, 2.24) is 0 Å². The Hall–Kier alpha value is -0.870. The summed E-state index contributed by atoms with van der Waals surface area (Å²) in [6.45, 7) is 12.9. The highest BCUT2D eigenvalue weighted by Crippen LogP contribution is 2.24. The van der Waals surface area contributed by atoms with E-state index in [1.54, 1.807) is 0 Å². The summed E-state index contributed by atoms with van der Waals surface area (Å²) in [5, 5.41) is 0. The predicted molar refractivity (Wildman–Crippen MR) is 62.4 cm³/mol. The smallest absolute Gasteiger partial charge is 0.188 e. The van der Waals surface area contributed by atoms with Crippen LogP contribution in [-0.4, -0.2) is 20.6 Å². The first-order valence-corrected chi connectivity index (χ1v) is 4.67. The van der Waals surface area contributed by atoms with E-state index in [2.05, 4.69) is 40.8 Å². The summed E-state index contributed by atoms with van der Waals surface area (Å²) in [7, 11) is 1.54. The molecule has 0 aliphatic heterocycles. The summed E-state index contributed by atoms with van der Waals surface area (Å²) < 4.78 is 10.6. The van der Waals surface area contributed by atoms with Crippen LogP contribution in [0.4, 0.5) is 0 Å². The molecule has 0 bridgehead atoms. The van der Waals surface area contributed by atoms with Gasteiger partial charge in [-0.1, -0.05) is 13.2 Å². The molecule has 14 heavy (non-hydrogen) atoms. The third-order valence-electron chi connectivity index (χ3n) is 1.44. The van der Waals surface area contributed by atoms with Gasteiger partial charge in [0.15, 0.2) is 12.6 Å². The number of halogens is 1. The van der Waals surface area contributed by atoms with Crippen LogP contribution in [0.2, 0.25) is 0 Å². The molecular weight excluding hydrogens is 246 g/mol. The van der Waals surface area contributed by atoms with Gasteiger partial charge >= 0.3 is 0 Å². The van der Waals surface area contributed by atoms with Crippen molar-refractivity contribution in [3.8, 4) is 0 Å². The van der Waals surface area contributed by atoms with E-state index < -0.39 is 0 Å². The maximum atomic E-state index is 5.28. The van der Waals surface area contributed by atoms with Crippen molar-refractivity contribution in [1.29, 1.82) is 0 Å². The molecule has 0 unspecified atom stereocenters. The third-order valence-corrected chi connectivity index (χ3v) is 2.05. The molecule has 0 N–H and O–H groups in total. The van der Waals surface area contributed by atoms with Crippen molar-refractivity contribution >= 4 is 22.6 Å². The summed E-state index contributed by atoms with van der Waals surface area (Å²) in [4.78, 5) is 3.71. The fourth-order valence-corrected chi connectivity index (χ4v) is 1.01. The summed E-state index contributed by atoms with van der Waals surface area (Å²) >= 11 is 3.21. The van der Waals surface area contributed by atoms with Gasteiger partial charge in [0.05, 0.1) is 0 Å². The average molecular weight is 260 g/mol. The van der Waals surface area contributed by atoms with Crippen LogP contribution in [0.25, 0.3) is 0 Å². The molecule has 0 saturated carbocycles. The second kappa shape index (κ2) is 6.56. The molecule has 0 fully saturated rings. The van der Waals surface area contributed by atoms with E-state index in [4.69, 9.17) is 9.47 Å². The Morgan fingerprint density at radius 3 is 2.36 bits per heavy atom. The highest BCUT2D eigenvalue weighted by molar-refractivity contribution is 9.11. The zero-order chi connectivity index (χ0) is 11.1. The molecule has 4 heteroatoms. The van der Waals surface area contributed by atoms with Gasteiger partial charge < -0.3 is 9.47 Å². The molecule has 0 amide bonds. The molecule has 0 aliphatic rings. The van der Waals surface area contributed by atoms with E-state index in [0.717, 1.165) is 5.57 Å². The molecule has 0 aromatic heterocycles. The van der Waals surface area contributed by atoms with Crippen LogP contribution >= 0.6 is 15.9 Å². The van der Waals surface area contributed by atoms with Crippen LogP contribution in [0.1, 0.15) is 6.92 Å². The van der Waals surface area contributed by atoms with E-state index in [1.807, 2.05) is 6.92 Å². The first-order chi connectivity index (χ1) is 6.54. The molecule has 0 rings (SSSR count). The van der Waals surface area contributed by atoms with E-state index >= 15 is 0 Å². The van der Waals surface area contributed by atoms with Gasteiger partial charge in [0.1, 0.15) is 4.61 Å². The Morgan fingerprint density at radius 2 is 2.00 bits per heavy atom. The molecular formula is C10H14BrNO2. The van der Waals surface area contributed by atoms with Gasteiger partial charge in [-0.15, -0.1) is 0 Å². The predicted octanol–water partition coefficient (Wildman–Crippen LogP) is 3.00. The number of hydrogen-bond donors (Lipinski definition) is 0. The molecule has 0 atom stereocenters. The lowest BCUT2D eigenvalue weighted by atomic mass is 10.1. The molecule has 0 saturated heterocycles. The second-order valence-electron chi connectivity index (χ2n) is 2.59. The van der Waals surface area contributed by atoms with Gasteiger partial charge in [-0.2, -0.15) is 0 Å². The molecule has 0 spiro atoms. The minimum Gasteiger partial charge on any atom is -0.464 e. The van der Waals surface area contributed by atoms with Gasteiger partial charge in [-0.3, -0.25) is 4.99 Å². The van der Waals surface area contributed by atoms with Gasteiger partial charge in [0.2, 0.25) is 0 Å². The minimum atomic E-state index is 0.131. The van der Waals surface area contributed by atoms with Crippen molar-refractivity contribution in [3.63, 3.8) is 0 Å². The number of methoxy groups -OCH3 is 1. The highest BCUT2D eigenvalue weighted by atomic mass is 79.9. The summed E-state index contributed by atoms with van der Waals surface area (Å²) in [5.74, 6) is 0.495. The fourth-order valence-electron chi connectivity index (χ4n) is 0.655. The fraction of sp³-hybridized carbons (Fsp3) is 0.300. The SMILES string of the molecule is C=N/C(Br)=C(/OCOC)C(=C)C(=C)C. The van der Waals surface area contributed by atoms with E-state index in [9.17, 15) is 0 Å². The first kappa shape index (κ1) is 13.1. The van der Waals surface area contributed by atoms with Crippen molar-refractivity contribution in [2.24, 2.45) is 4.99 Å². The van der Waals surface area contributed by atoms with Gasteiger partial charge in [0, 0.05) is 12.7 Å². The number of allylic oxidation sites excluding steroid dienone is 1. The van der Waals surface area contributed by atoms with Gasteiger partial charge in [-0.05, 0) is 35.1 Å². The normalized spacial score (nSPS) is 11.6. The van der Waals surface area contributed by atoms with Crippen LogP contribution < -0.4 is 0 Å². The third kappa shape index (κ3) is 3.89. The standard InChI is InChI=1S/C10H14BrNO2/c1-7(2)8(3)9(10(11)12-4)14-6-13-5/h1,3-4,6H2,2,5H3/b10-9+. The highest BCUT2D eigenvalue weighted by Gasteiger charge is 2.09. The second-order valence-corrected chi connectivity index (χ2v) is 3.34. The maximum Gasteiger partial charge on any atom is 0.188 e. The lowest BCUT2D eigenvalue weighted by molar-refractivity contribution is 0.00844. The quantitative estimate of drug-likeness (QED) is 0.241. The van der Waals surface area contributed by atoms with Crippen molar-refractivity contribution in [2.75, 3.05) is 13.9 Å². The van der Waals surface area contributed by atoms with E-state index in [-0.39, 0.29) is 6.79 Å². The largest absolute Gasteiger partial charge is 0.464 e. The Kier molecular flexibility index (Phi) is 6.16. The molecule has 0 aromatic rings. The van der Waals surface area contributed by atoms with Crippen LogP contribution in [0, 0.1) is 0 Å². The molecule has 0 radical (unpaired) electrons. The summed E-state index contributed by atoms with van der Waals surface area (Å²) in [6.07, 6.45) is 0.